The van der Waals surface area contributed by atoms with Crippen LogP contribution < -0.4 is 5.32 Å². The first-order valence-electron chi connectivity index (χ1n) is 5.62. The van der Waals surface area contributed by atoms with Gasteiger partial charge >= 0.3 is 0 Å². The fourth-order valence-electron chi connectivity index (χ4n) is 2.62. The molecule has 0 radical (unpaired) electrons. The van der Waals surface area contributed by atoms with Gasteiger partial charge in [-0.05, 0) is 31.1 Å². The van der Waals surface area contributed by atoms with Gasteiger partial charge < -0.3 is 5.32 Å². The Morgan fingerprint density at radius 1 is 1.21 bits per heavy atom. The number of hydrogen-bond donors (Lipinski definition) is 1. The molecule has 0 aliphatic heterocycles. The molecule has 2 saturated carbocycles. The zero-order chi connectivity index (χ0) is 10.3. The minimum atomic E-state index is -0.419. The Kier molecular flexibility index (Phi) is 3.03. The second-order valence-electron chi connectivity index (χ2n) is 5.13. The van der Waals surface area contributed by atoms with Gasteiger partial charge in [-0.2, -0.15) is 0 Å². The molecule has 0 heterocycles. The van der Waals surface area contributed by atoms with Crippen molar-refractivity contribution in [3.63, 3.8) is 0 Å². The smallest absolute Gasteiger partial charge is 0.122 e. The van der Waals surface area contributed by atoms with E-state index in [1.54, 1.807) is 0 Å². The summed E-state index contributed by atoms with van der Waals surface area (Å²) >= 11 is 12.0. The van der Waals surface area contributed by atoms with E-state index in [1.165, 1.54) is 12.8 Å². The fourth-order valence-corrected chi connectivity index (χ4v) is 3.14. The SMILES string of the molecule is CC1CCC(C)C1NCC1CC1(Cl)Cl. The van der Waals surface area contributed by atoms with Crippen molar-refractivity contribution in [2.75, 3.05) is 6.54 Å². The monoisotopic (exact) mass is 235 g/mol. The predicted molar refractivity (Wildman–Crippen MR) is 61.9 cm³/mol. The standard InChI is InChI=1S/C11H19Cl2N/c1-7-3-4-8(2)10(7)14-6-9-5-11(9,12)13/h7-10,14H,3-6H2,1-2H3. The van der Waals surface area contributed by atoms with Crippen LogP contribution in [0, 0.1) is 17.8 Å². The van der Waals surface area contributed by atoms with E-state index in [-0.39, 0.29) is 0 Å². The molecular weight excluding hydrogens is 217 g/mol. The molecule has 3 unspecified atom stereocenters. The Morgan fingerprint density at radius 2 is 1.71 bits per heavy atom. The highest BCUT2D eigenvalue weighted by Crippen LogP contribution is 2.52. The molecule has 0 saturated heterocycles. The maximum absolute atomic E-state index is 5.99. The maximum atomic E-state index is 5.99. The third-order valence-corrected chi connectivity index (χ3v) is 4.78. The van der Waals surface area contributed by atoms with Crippen molar-refractivity contribution in [2.24, 2.45) is 17.8 Å². The molecule has 0 aromatic rings. The van der Waals surface area contributed by atoms with Gasteiger partial charge in [-0.3, -0.25) is 0 Å². The van der Waals surface area contributed by atoms with Gasteiger partial charge in [0, 0.05) is 18.5 Å². The molecule has 0 aromatic carbocycles. The molecule has 0 spiro atoms. The highest BCUT2D eigenvalue weighted by atomic mass is 35.5. The Morgan fingerprint density at radius 3 is 2.14 bits per heavy atom. The van der Waals surface area contributed by atoms with Gasteiger partial charge in [-0.1, -0.05) is 13.8 Å². The van der Waals surface area contributed by atoms with Crippen LogP contribution >= 0.6 is 23.2 Å². The summed E-state index contributed by atoms with van der Waals surface area (Å²) in [6.45, 7) is 5.66. The number of rotatable bonds is 3. The molecule has 2 aliphatic carbocycles. The van der Waals surface area contributed by atoms with E-state index < -0.39 is 4.33 Å². The molecule has 2 aliphatic rings. The van der Waals surface area contributed by atoms with Crippen molar-refractivity contribution in [3.8, 4) is 0 Å². The molecule has 2 rings (SSSR count). The van der Waals surface area contributed by atoms with E-state index in [9.17, 15) is 0 Å². The number of nitrogens with one attached hydrogen (secondary N) is 1. The van der Waals surface area contributed by atoms with E-state index in [0.29, 0.717) is 12.0 Å². The summed E-state index contributed by atoms with van der Waals surface area (Å²) in [5.74, 6) is 2.10. The molecule has 1 nitrogen and oxygen atoms in total. The van der Waals surface area contributed by atoms with E-state index in [2.05, 4.69) is 19.2 Å². The van der Waals surface area contributed by atoms with Crippen LogP contribution in [-0.2, 0) is 0 Å². The van der Waals surface area contributed by atoms with Crippen LogP contribution in [0.1, 0.15) is 33.1 Å². The Balaban J connectivity index is 1.75. The molecular formula is C11H19Cl2N. The van der Waals surface area contributed by atoms with Crippen LogP contribution in [0.2, 0.25) is 0 Å². The average molecular weight is 236 g/mol. The zero-order valence-electron chi connectivity index (χ0n) is 8.89. The van der Waals surface area contributed by atoms with Crippen molar-refractivity contribution in [1.29, 1.82) is 0 Å². The van der Waals surface area contributed by atoms with Gasteiger partial charge in [0.25, 0.3) is 0 Å². The predicted octanol–water partition coefficient (Wildman–Crippen LogP) is 3.20. The van der Waals surface area contributed by atoms with E-state index in [4.69, 9.17) is 23.2 Å². The van der Waals surface area contributed by atoms with Crippen LogP contribution in [0.5, 0.6) is 0 Å². The first kappa shape index (κ1) is 11.0. The van der Waals surface area contributed by atoms with Crippen molar-refractivity contribution in [3.05, 3.63) is 0 Å². The van der Waals surface area contributed by atoms with E-state index in [0.717, 1.165) is 24.8 Å². The minimum absolute atomic E-state index is 0.419. The summed E-state index contributed by atoms with van der Waals surface area (Å²) in [6.07, 6.45) is 3.67. The lowest BCUT2D eigenvalue weighted by Gasteiger charge is -2.21. The van der Waals surface area contributed by atoms with Gasteiger partial charge in [-0.25, -0.2) is 0 Å². The zero-order valence-corrected chi connectivity index (χ0v) is 10.4. The topological polar surface area (TPSA) is 12.0 Å². The summed E-state index contributed by atoms with van der Waals surface area (Å²) in [4.78, 5) is 0. The highest BCUT2D eigenvalue weighted by molar-refractivity contribution is 6.50. The van der Waals surface area contributed by atoms with Crippen molar-refractivity contribution in [2.45, 2.75) is 43.5 Å². The van der Waals surface area contributed by atoms with Crippen LogP contribution in [0.15, 0.2) is 0 Å². The van der Waals surface area contributed by atoms with Gasteiger partial charge in [0.15, 0.2) is 0 Å². The first-order chi connectivity index (χ1) is 6.50. The Labute approximate surface area is 96.5 Å². The molecule has 3 heteroatoms. The van der Waals surface area contributed by atoms with Crippen LogP contribution in [-0.4, -0.2) is 16.9 Å². The molecule has 0 amide bonds. The van der Waals surface area contributed by atoms with Crippen LogP contribution in [0.25, 0.3) is 0 Å². The largest absolute Gasteiger partial charge is 0.313 e. The van der Waals surface area contributed by atoms with Gasteiger partial charge in [0.05, 0.1) is 0 Å². The Hall–Kier alpha value is 0.540. The minimum Gasteiger partial charge on any atom is -0.313 e. The summed E-state index contributed by atoms with van der Waals surface area (Å²) in [5.41, 5.74) is 0. The van der Waals surface area contributed by atoms with Crippen molar-refractivity contribution >= 4 is 23.2 Å². The first-order valence-corrected chi connectivity index (χ1v) is 6.37. The molecule has 3 atom stereocenters. The highest BCUT2D eigenvalue weighted by Gasteiger charge is 2.51. The quantitative estimate of drug-likeness (QED) is 0.742. The lowest BCUT2D eigenvalue weighted by atomic mass is 10.0. The Bertz CT molecular complexity index is 207. The maximum Gasteiger partial charge on any atom is 0.122 e. The van der Waals surface area contributed by atoms with Crippen LogP contribution in [0.4, 0.5) is 0 Å². The normalized spacial score (nSPS) is 45.4. The third-order valence-electron chi connectivity index (χ3n) is 3.86. The second-order valence-corrected chi connectivity index (χ2v) is 6.67. The van der Waals surface area contributed by atoms with Crippen molar-refractivity contribution in [1.82, 2.24) is 5.32 Å². The molecule has 0 aromatic heterocycles. The number of halogens is 2. The van der Waals surface area contributed by atoms with E-state index in [1.807, 2.05) is 0 Å². The lowest BCUT2D eigenvalue weighted by molar-refractivity contribution is 0.361. The second kappa shape index (κ2) is 3.84. The van der Waals surface area contributed by atoms with Gasteiger partial charge in [-0.15, -0.1) is 23.2 Å². The van der Waals surface area contributed by atoms with Gasteiger partial charge in [0.2, 0.25) is 0 Å². The summed E-state index contributed by atoms with van der Waals surface area (Å²) < 4.78 is -0.419. The third kappa shape index (κ3) is 2.20. The number of alkyl halides is 2. The fraction of sp³-hybridized carbons (Fsp3) is 1.00. The summed E-state index contributed by atoms with van der Waals surface area (Å²) in [7, 11) is 0. The van der Waals surface area contributed by atoms with E-state index >= 15 is 0 Å². The molecule has 14 heavy (non-hydrogen) atoms. The van der Waals surface area contributed by atoms with Crippen LogP contribution in [0.3, 0.4) is 0 Å². The molecule has 82 valence electrons. The average Bonchev–Trinajstić information content (AvgIpc) is 2.58. The molecule has 2 fully saturated rings. The molecule has 1 N–H and O–H groups in total. The summed E-state index contributed by atoms with van der Waals surface area (Å²) in [6, 6.07) is 0.680. The lowest BCUT2D eigenvalue weighted by Crippen LogP contribution is -2.37. The summed E-state index contributed by atoms with van der Waals surface area (Å²) in [5, 5.41) is 3.63. The number of hydrogen-bond acceptors (Lipinski definition) is 1. The van der Waals surface area contributed by atoms with Crippen molar-refractivity contribution < 1.29 is 0 Å². The van der Waals surface area contributed by atoms with Gasteiger partial charge in [0.1, 0.15) is 4.33 Å². The molecule has 0 bridgehead atoms.